The highest BCUT2D eigenvalue weighted by Gasteiger charge is 2.39. The Hall–Kier alpha value is -1.77. The Balaban J connectivity index is 1.52. The predicted octanol–water partition coefficient (Wildman–Crippen LogP) is 1.49. The second-order valence-corrected chi connectivity index (χ2v) is 5.93. The number of halogens is 3. The number of hydrogen-bond donors (Lipinski definition) is 1. The summed E-state index contributed by atoms with van der Waals surface area (Å²) >= 11 is 0. The number of amides is 1. The second-order valence-electron chi connectivity index (χ2n) is 5.93. The molecule has 1 aromatic rings. The molecule has 0 aromatic carbocycles. The molecule has 128 valence electrons. The van der Waals surface area contributed by atoms with Gasteiger partial charge in [-0.1, -0.05) is 0 Å². The van der Waals surface area contributed by atoms with E-state index >= 15 is 0 Å². The van der Waals surface area contributed by atoms with E-state index in [9.17, 15) is 18.0 Å². The summed E-state index contributed by atoms with van der Waals surface area (Å²) in [5, 5.41) is 6.57. The summed E-state index contributed by atoms with van der Waals surface area (Å²) in [6, 6.07) is 1.55. The van der Waals surface area contributed by atoms with Crippen LogP contribution in [0.15, 0.2) is 12.3 Å². The molecule has 1 saturated heterocycles. The molecule has 9 heteroatoms. The molecule has 1 unspecified atom stereocenters. The lowest BCUT2D eigenvalue weighted by Gasteiger charge is -2.36. The number of nitrogens with zero attached hydrogens (tertiary/aromatic N) is 3. The van der Waals surface area contributed by atoms with Crippen molar-refractivity contribution in [3.63, 3.8) is 0 Å². The summed E-state index contributed by atoms with van der Waals surface area (Å²) in [5.41, 5.74) is 0. The maximum Gasteiger partial charge on any atom is 0.408 e. The minimum absolute atomic E-state index is 0.0201. The van der Waals surface area contributed by atoms with Gasteiger partial charge in [0.2, 0.25) is 5.91 Å². The molecule has 1 aromatic heterocycles. The highest BCUT2D eigenvalue weighted by Crippen LogP contribution is 2.36. The van der Waals surface area contributed by atoms with Crippen LogP contribution >= 0.6 is 0 Å². The summed E-state index contributed by atoms with van der Waals surface area (Å²) in [4.78, 5) is 14.2. The molecule has 1 amide bonds. The minimum atomic E-state index is -4.32. The van der Waals surface area contributed by atoms with Crippen molar-refractivity contribution < 1.29 is 22.7 Å². The lowest BCUT2D eigenvalue weighted by atomic mass is 10.1. The molecule has 2 fully saturated rings. The fourth-order valence-corrected chi connectivity index (χ4v) is 2.80. The van der Waals surface area contributed by atoms with E-state index in [4.69, 9.17) is 4.74 Å². The number of morpholine rings is 1. The average molecular weight is 332 g/mol. The summed E-state index contributed by atoms with van der Waals surface area (Å²) < 4.78 is 43.1. The first-order chi connectivity index (χ1) is 10.9. The van der Waals surface area contributed by atoms with Crippen molar-refractivity contribution in [2.24, 2.45) is 5.92 Å². The monoisotopic (exact) mass is 332 g/mol. The van der Waals surface area contributed by atoms with Crippen LogP contribution in [0, 0.1) is 5.92 Å². The van der Waals surface area contributed by atoms with Crippen molar-refractivity contribution in [2.75, 3.05) is 31.6 Å². The number of hydrogen-bond acceptors (Lipinski definition) is 4. The maximum atomic E-state index is 12.3. The molecule has 1 aliphatic heterocycles. The SMILES string of the molecule is O=C(CNc1ccn(CC(F)(F)F)n1)N1CCOCC1C1CC1. The predicted molar refractivity (Wildman–Crippen MR) is 75.8 cm³/mol. The molecule has 23 heavy (non-hydrogen) atoms. The fraction of sp³-hybridized carbons (Fsp3) is 0.714. The zero-order chi connectivity index (χ0) is 16.4. The van der Waals surface area contributed by atoms with Gasteiger partial charge < -0.3 is 15.0 Å². The third-order valence-electron chi connectivity index (χ3n) is 4.05. The Labute approximate surface area is 131 Å². The quantitative estimate of drug-likeness (QED) is 0.888. The van der Waals surface area contributed by atoms with Crippen molar-refractivity contribution in [1.82, 2.24) is 14.7 Å². The third kappa shape index (κ3) is 4.37. The summed E-state index contributed by atoms with van der Waals surface area (Å²) in [6.07, 6.45) is -0.841. The molecule has 1 saturated carbocycles. The molecule has 0 bridgehead atoms. The zero-order valence-electron chi connectivity index (χ0n) is 12.6. The van der Waals surface area contributed by atoms with Crippen molar-refractivity contribution in [2.45, 2.75) is 31.6 Å². The first-order valence-electron chi connectivity index (χ1n) is 7.64. The van der Waals surface area contributed by atoms with Gasteiger partial charge in [0.05, 0.1) is 25.8 Å². The van der Waals surface area contributed by atoms with Crippen LogP contribution in [-0.4, -0.2) is 59.1 Å². The minimum Gasteiger partial charge on any atom is -0.377 e. The summed E-state index contributed by atoms with van der Waals surface area (Å²) in [6.45, 7) is 0.526. The van der Waals surface area contributed by atoms with Crippen molar-refractivity contribution >= 4 is 11.7 Å². The normalized spacial score (nSPS) is 22.2. The Kier molecular flexibility index (Phi) is 4.47. The number of rotatable bonds is 5. The first-order valence-corrected chi connectivity index (χ1v) is 7.64. The van der Waals surface area contributed by atoms with Crippen LogP contribution in [0.4, 0.5) is 19.0 Å². The smallest absolute Gasteiger partial charge is 0.377 e. The van der Waals surface area contributed by atoms with Gasteiger partial charge in [-0.3, -0.25) is 9.48 Å². The fourth-order valence-electron chi connectivity index (χ4n) is 2.80. The van der Waals surface area contributed by atoms with Gasteiger partial charge in [-0.2, -0.15) is 18.3 Å². The van der Waals surface area contributed by atoms with E-state index in [2.05, 4.69) is 10.4 Å². The maximum absolute atomic E-state index is 12.3. The number of carbonyl (C=O) groups excluding carboxylic acids is 1. The van der Waals surface area contributed by atoms with Crippen molar-refractivity contribution in [1.29, 1.82) is 0 Å². The standard InChI is InChI=1S/C14H19F3N4O2/c15-14(16,17)9-20-4-3-12(19-20)18-7-13(22)21-5-6-23-8-11(21)10-1-2-10/h3-4,10-11H,1-2,5-9H2,(H,18,19). The molecule has 1 atom stereocenters. The Morgan fingerprint density at radius 3 is 2.91 bits per heavy atom. The number of anilines is 1. The van der Waals surface area contributed by atoms with Gasteiger partial charge in [-0.05, 0) is 18.8 Å². The van der Waals surface area contributed by atoms with Gasteiger partial charge in [-0.25, -0.2) is 0 Å². The highest BCUT2D eigenvalue weighted by atomic mass is 19.4. The molecule has 1 aliphatic carbocycles. The van der Waals surface area contributed by atoms with E-state index in [1.54, 1.807) is 0 Å². The zero-order valence-corrected chi connectivity index (χ0v) is 12.6. The molecule has 6 nitrogen and oxygen atoms in total. The Morgan fingerprint density at radius 1 is 1.43 bits per heavy atom. The van der Waals surface area contributed by atoms with Crippen molar-refractivity contribution in [3.8, 4) is 0 Å². The van der Waals surface area contributed by atoms with E-state index in [1.165, 1.54) is 12.3 Å². The molecule has 1 N–H and O–H groups in total. The van der Waals surface area contributed by atoms with Crippen LogP contribution in [0.2, 0.25) is 0 Å². The number of carbonyl (C=O) groups is 1. The average Bonchev–Trinajstić information content (AvgIpc) is 3.25. The molecule has 2 heterocycles. The topological polar surface area (TPSA) is 59.4 Å². The summed E-state index contributed by atoms with van der Waals surface area (Å²) in [5.74, 6) is 0.708. The van der Waals surface area contributed by atoms with Crippen LogP contribution in [0.5, 0.6) is 0 Å². The lowest BCUT2D eigenvalue weighted by molar-refractivity contribution is -0.142. The van der Waals surface area contributed by atoms with E-state index in [-0.39, 0.29) is 24.3 Å². The van der Waals surface area contributed by atoms with Crippen LogP contribution in [0.3, 0.4) is 0 Å². The van der Waals surface area contributed by atoms with Crippen LogP contribution in [0.25, 0.3) is 0 Å². The Bertz CT molecular complexity index is 556. The molecule has 2 aliphatic rings. The van der Waals surface area contributed by atoms with E-state index in [1.807, 2.05) is 4.90 Å². The van der Waals surface area contributed by atoms with Crippen LogP contribution < -0.4 is 5.32 Å². The van der Waals surface area contributed by atoms with Gasteiger partial charge in [0.15, 0.2) is 0 Å². The molecule has 3 rings (SSSR count). The van der Waals surface area contributed by atoms with Crippen molar-refractivity contribution in [3.05, 3.63) is 12.3 Å². The second kappa shape index (κ2) is 6.38. The van der Waals surface area contributed by atoms with Crippen LogP contribution in [-0.2, 0) is 16.1 Å². The highest BCUT2D eigenvalue weighted by molar-refractivity contribution is 5.81. The van der Waals surface area contributed by atoms with Crippen LogP contribution in [0.1, 0.15) is 12.8 Å². The number of nitrogens with one attached hydrogen (secondary N) is 1. The molecular formula is C14H19F3N4O2. The van der Waals surface area contributed by atoms with Gasteiger partial charge in [0.1, 0.15) is 12.4 Å². The third-order valence-corrected chi connectivity index (χ3v) is 4.05. The summed E-state index contributed by atoms with van der Waals surface area (Å²) in [7, 11) is 0. The van der Waals surface area contributed by atoms with Gasteiger partial charge in [0, 0.05) is 18.8 Å². The number of aromatic nitrogens is 2. The molecule has 0 spiro atoms. The lowest BCUT2D eigenvalue weighted by Crippen LogP contribution is -2.51. The number of alkyl halides is 3. The molecular weight excluding hydrogens is 313 g/mol. The Morgan fingerprint density at radius 2 is 2.22 bits per heavy atom. The van der Waals surface area contributed by atoms with E-state index < -0.39 is 12.7 Å². The van der Waals surface area contributed by atoms with Gasteiger partial charge in [-0.15, -0.1) is 0 Å². The van der Waals surface area contributed by atoms with Gasteiger partial charge in [0.25, 0.3) is 0 Å². The van der Waals surface area contributed by atoms with E-state index in [0.29, 0.717) is 25.7 Å². The number of ether oxygens (including phenoxy) is 1. The largest absolute Gasteiger partial charge is 0.408 e. The van der Waals surface area contributed by atoms with Gasteiger partial charge >= 0.3 is 6.18 Å². The van der Waals surface area contributed by atoms with E-state index in [0.717, 1.165) is 17.5 Å². The molecule has 0 radical (unpaired) electrons. The first kappa shape index (κ1) is 16.1.